The third-order valence-corrected chi connectivity index (χ3v) is 4.70. The van der Waals surface area contributed by atoms with Gasteiger partial charge in [0.15, 0.2) is 11.6 Å². The molecule has 0 radical (unpaired) electrons. The highest BCUT2D eigenvalue weighted by molar-refractivity contribution is 7.90. The average Bonchev–Trinajstić information content (AvgIpc) is 2.36. The van der Waals surface area contributed by atoms with E-state index in [9.17, 15) is 17.6 Å². The molecule has 10 heteroatoms. The second kappa shape index (κ2) is 5.04. The van der Waals surface area contributed by atoms with Crippen molar-refractivity contribution < 1.29 is 12.8 Å². The number of nitrogens with zero attached hydrogens (tertiary/aromatic N) is 2. The smallest absolute Gasteiger partial charge is 0.363 e. The molecular formula is C10H6Cl2FN3O3S. The lowest BCUT2D eigenvalue weighted by atomic mass is 10.4. The molecule has 6 nitrogen and oxygen atoms in total. The summed E-state index contributed by atoms with van der Waals surface area (Å²) in [6, 6.07) is 3.41. The van der Waals surface area contributed by atoms with Crippen molar-refractivity contribution in [1.29, 1.82) is 0 Å². The summed E-state index contributed by atoms with van der Waals surface area (Å²) in [4.78, 5) is 14.3. The zero-order valence-electron chi connectivity index (χ0n) is 9.55. The van der Waals surface area contributed by atoms with Gasteiger partial charge in [-0.3, -0.25) is 0 Å². The molecule has 0 bridgehead atoms. The van der Waals surface area contributed by atoms with Crippen molar-refractivity contribution in [2.75, 3.05) is 5.73 Å². The molecule has 0 saturated heterocycles. The first-order chi connectivity index (χ1) is 9.23. The molecular weight excluding hydrogens is 332 g/mol. The fourth-order valence-electron chi connectivity index (χ4n) is 1.35. The summed E-state index contributed by atoms with van der Waals surface area (Å²) in [5.74, 6) is -1.82. The monoisotopic (exact) mass is 337 g/mol. The summed E-state index contributed by atoms with van der Waals surface area (Å²) in [6.45, 7) is 0. The van der Waals surface area contributed by atoms with Crippen LogP contribution < -0.4 is 11.4 Å². The molecule has 0 unspecified atom stereocenters. The molecule has 1 aromatic heterocycles. The Morgan fingerprint density at radius 2 is 1.90 bits per heavy atom. The van der Waals surface area contributed by atoms with E-state index in [0.717, 1.165) is 12.1 Å². The predicted octanol–water partition coefficient (Wildman–Crippen LogP) is 1.51. The van der Waals surface area contributed by atoms with E-state index in [1.807, 2.05) is 0 Å². The molecule has 0 atom stereocenters. The van der Waals surface area contributed by atoms with Crippen LogP contribution in [0, 0.1) is 5.82 Å². The Hall–Kier alpha value is -1.64. The first-order valence-corrected chi connectivity index (χ1v) is 7.18. The Labute approximate surface area is 122 Å². The van der Waals surface area contributed by atoms with Crippen LogP contribution in [-0.4, -0.2) is 17.4 Å². The number of aromatic nitrogens is 2. The lowest BCUT2D eigenvalue weighted by molar-refractivity contribution is 0.572. The molecule has 2 N–H and O–H groups in total. The number of hydrogen-bond donors (Lipinski definition) is 1. The highest BCUT2D eigenvalue weighted by Gasteiger charge is 2.21. The number of nitrogen functional groups attached to an aromatic ring is 1. The van der Waals surface area contributed by atoms with Crippen molar-refractivity contribution in [2.45, 2.75) is 4.90 Å². The summed E-state index contributed by atoms with van der Waals surface area (Å²) in [6.07, 6.45) is 0.447. The Morgan fingerprint density at radius 3 is 2.50 bits per heavy atom. The van der Waals surface area contributed by atoms with Gasteiger partial charge in [0.1, 0.15) is 0 Å². The van der Waals surface area contributed by atoms with Crippen molar-refractivity contribution >= 4 is 39.0 Å². The van der Waals surface area contributed by atoms with E-state index in [-0.39, 0.29) is 18.9 Å². The summed E-state index contributed by atoms with van der Waals surface area (Å²) >= 11 is 11.4. The highest BCUT2D eigenvalue weighted by Crippen LogP contribution is 2.25. The minimum atomic E-state index is -4.35. The quantitative estimate of drug-likeness (QED) is 0.896. The molecule has 1 aromatic carbocycles. The molecule has 0 fully saturated rings. The number of anilines is 1. The summed E-state index contributed by atoms with van der Waals surface area (Å²) in [5, 5.41) is 0.115. The maximum absolute atomic E-state index is 13.3. The normalized spacial score (nSPS) is 11.6. The van der Waals surface area contributed by atoms with E-state index in [4.69, 9.17) is 28.9 Å². The number of hydrogen-bond acceptors (Lipinski definition) is 5. The van der Waals surface area contributed by atoms with Crippen LogP contribution in [0.5, 0.6) is 0 Å². The van der Waals surface area contributed by atoms with Crippen LogP contribution in [0.3, 0.4) is 0 Å². The number of rotatable bonds is 2. The lowest BCUT2D eigenvalue weighted by Gasteiger charge is -2.08. The maximum Gasteiger partial charge on any atom is 0.363 e. The van der Waals surface area contributed by atoms with Crippen LogP contribution in [0.25, 0.3) is 0 Å². The van der Waals surface area contributed by atoms with Gasteiger partial charge in [-0.1, -0.05) is 23.2 Å². The van der Waals surface area contributed by atoms with Gasteiger partial charge in [-0.05, 0) is 18.2 Å². The van der Waals surface area contributed by atoms with Crippen LogP contribution in [0.1, 0.15) is 0 Å². The van der Waals surface area contributed by atoms with Gasteiger partial charge in [-0.2, -0.15) is 8.96 Å². The van der Waals surface area contributed by atoms with Crippen LogP contribution in [0.2, 0.25) is 10.0 Å². The largest absolute Gasteiger partial charge is 0.381 e. The molecule has 20 heavy (non-hydrogen) atoms. The highest BCUT2D eigenvalue weighted by atomic mass is 35.5. The topological polar surface area (TPSA) is 95.0 Å². The van der Waals surface area contributed by atoms with E-state index in [1.54, 1.807) is 0 Å². The predicted molar refractivity (Wildman–Crippen MR) is 71.9 cm³/mol. The maximum atomic E-state index is 13.3. The standard InChI is InChI=1S/C10H6Cl2FN3O3S/c11-6-2-1-5(3-7(6)12)20(18,19)16-4-8(13)9(14)15-10(16)17/h1-4H,(H2,14,15,17). The van der Waals surface area contributed by atoms with Crippen LogP contribution >= 0.6 is 23.2 Å². The van der Waals surface area contributed by atoms with Gasteiger partial charge in [-0.15, -0.1) is 0 Å². The molecule has 2 aromatic rings. The lowest BCUT2D eigenvalue weighted by Crippen LogP contribution is -2.30. The summed E-state index contributed by atoms with van der Waals surface area (Å²) in [5.41, 5.74) is 3.86. The molecule has 2 rings (SSSR count). The Bertz CT molecular complexity index is 851. The third-order valence-electron chi connectivity index (χ3n) is 2.33. The molecule has 0 amide bonds. The van der Waals surface area contributed by atoms with E-state index in [0.29, 0.717) is 6.20 Å². The van der Waals surface area contributed by atoms with Crippen molar-refractivity contribution in [1.82, 2.24) is 8.96 Å². The van der Waals surface area contributed by atoms with Gasteiger partial charge in [0, 0.05) is 0 Å². The van der Waals surface area contributed by atoms with Crippen molar-refractivity contribution in [3.63, 3.8) is 0 Å². The molecule has 1 heterocycles. The molecule has 0 aliphatic rings. The van der Waals surface area contributed by atoms with Gasteiger partial charge in [0.25, 0.3) is 10.0 Å². The first-order valence-electron chi connectivity index (χ1n) is 4.99. The van der Waals surface area contributed by atoms with Crippen LogP contribution in [-0.2, 0) is 10.0 Å². The van der Waals surface area contributed by atoms with E-state index < -0.39 is 27.3 Å². The van der Waals surface area contributed by atoms with E-state index in [1.165, 1.54) is 6.07 Å². The van der Waals surface area contributed by atoms with Crippen molar-refractivity contribution in [3.8, 4) is 0 Å². The second-order valence-electron chi connectivity index (χ2n) is 3.63. The minimum Gasteiger partial charge on any atom is -0.381 e. The minimum absolute atomic E-state index is 0.0235. The fourth-order valence-corrected chi connectivity index (χ4v) is 2.93. The fraction of sp³-hybridized carbons (Fsp3) is 0. The van der Waals surface area contributed by atoms with Gasteiger partial charge in [-0.25, -0.2) is 17.6 Å². The summed E-state index contributed by atoms with van der Waals surface area (Å²) < 4.78 is 37.8. The molecule has 0 spiro atoms. The Morgan fingerprint density at radius 1 is 1.25 bits per heavy atom. The Kier molecular flexibility index (Phi) is 3.72. The molecule has 0 saturated carbocycles. The van der Waals surface area contributed by atoms with Gasteiger partial charge >= 0.3 is 5.69 Å². The zero-order chi connectivity index (χ0) is 15.1. The van der Waals surface area contributed by atoms with Crippen molar-refractivity contribution in [3.05, 3.63) is 50.7 Å². The molecule has 0 aliphatic carbocycles. The Balaban J connectivity index is 2.70. The van der Waals surface area contributed by atoms with Gasteiger partial charge in [0.2, 0.25) is 0 Å². The number of halogens is 3. The number of benzene rings is 1. The molecule has 0 aliphatic heterocycles. The summed E-state index contributed by atoms with van der Waals surface area (Å²) in [7, 11) is -4.35. The number of nitrogens with two attached hydrogens (primary N) is 1. The van der Waals surface area contributed by atoms with Crippen LogP contribution in [0.4, 0.5) is 10.2 Å². The molecule has 106 valence electrons. The van der Waals surface area contributed by atoms with E-state index in [2.05, 4.69) is 4.98 Å². The zero-order valence-corrected chi connectivity index (χ0v) is 11.9. The average molecular weight is 338 g/mol. The van der Waals surface area contributed by atoms with Crippen molar-refractivity contribution in [2.24, 2.45) is 0 Å². The second-order valence-corrected chi connectivity index (χ2v) is 6.26. The van der Waals surface area contributed by atoms with Gasteiger partial charge in [0.05, 0.1) is 21.1 Å². The van der Waals surface area contributed by atoms with E-state index >= 15 is 0 Å². The van der Waals surface area contributed by atoms with Crippen LogP contribution in [0.15, 0.2) is 34.1 Å². The van der Waals surface area contributed by atoms with Gasteiger partial charge < -0.3 is 5.73 Å². The third kappa shape index (κ3) is 2.49. The first kappa shape index (κ1) is 14.8. The SMILES string of the molecule is Nc1nc(=O)n(S(=O)(=O)c2ccc(Cl)c(Cl)c2)cc1F.